The van der Waals surface area contributed by atoms with Gasteiger partial charge in [0.15, 0.2) is 0 Å². The summed E-state index contributed by atoms with van der Waals surface area (Å²) in [5, 5.41) is 5.54. The Morgan fingerprint density at radius 1 is 1.27 bits per heavy atom. The lowest BCUT2D eigenvalue weighted by Crippen LogP contribution is -2.59. The molecule has 1 unspecified atom stereocenters. The van der Waals surface area contributed by atoms with Crippen LogP contribution in [-0.2, 0) is 20.9 Å². The van der Waals surface area contributed by atoms with Crippen LogP contribution in [0.15, 0.2) is 29.8 Å². The normalized spacial score (nSPS) is 16.9. The highest BCUT2D eigenvalue weighted by atomic mass is 32.1. The van der Waals surface area contributed by atoms with Crippen molar-refractivity contribution in [1.82, 2.24) is 20.5 Å². The number of carbonyl (C=O) groups excluding carboxylic acids is 3. The molecule has 1 fully saturated rings. The molecule has 1 saturated heterocycles. The van der Waals surface area contributed by atoms with E-state index < -0.39 is 6.04 Å². The van der Waals surface area contributed by atoms with Crippen molar-refractivity contribution in [2.75, 3.05) is 6.67 Å². The molecule has 1 atom stereocenters. The van der Waals surface area contributed by atoms with Crippen LogP contribution < -0.4 is 10.6 Å². The third-order valence-corrected chi connectivity index (χ3v) is 5.91. The number of thiazole rings is 1. The second-order valence-corrected chi connectivity index (χ2v) is 9.62. The molecular formula is C22H28N4O3S. The van der Waals surface area contributed by atoms with Gasteiger partial charge in [0, 0.05) is 13.0 Å². The van der Waals surface area contributed by atoms with Crippen molar-refractivity contribution >= 4 is 29.1 Å². The summed E-state index contributed by atoms with van der Waals surface area (Å²) in [7, 11) is 0. The van der Waals surface area contributed by atoms with Gasteiger partial charge >= 0.3 is 0 Å². The molecule has 0 radical (unpaired) electrons. The molecule has 1 aliphatic rings. The van der Waals surface area contributed by atoms with E-state index in [2.05, 4.69) is 15.6 Å². The first-order valence-electron chi connectivity index (χ1n) is 9.97. The fourth-order valence-electron chi connectivity index (χ4n) is 3.35. The summed E-state index contributed by atoms with van der Waals surface area (Å²) in [6.07, 6.45) is 0.288. The number of carbonyl (C=O) groups is 3. The van der Waals surface area contributed by atoms with Gasteiger partial charge in [0.1, 0.15) is 6.04 Å². The third-order valence-electron chi connectivity index (χ3n) is 4.93. The molecule has 1 aliphatic heterocycles. The minimum absolute atomic E-state index is 0.0225. The lowest BCUT2D eigenvalue weighted by atomic mass is 9.91. The molecule has 1 aromatic heterocycles. The number of amides is 3. The summed E-state index contributed by atoms with van der Waals surface area (Å²) in [5.74, 6) is -0.666. The number of hydrogen-bond donors (Lipinski definition) is 2. The average molecular weight is 429 g/mol. The molecule has 1 aromatic carbocycles. The Morgan fingerprint density at radius 2 is 1.97 bits per heavy atom. The molecule has 8 heteroatoms. The maximum Gasteiger partial charge on any atom is 0.243 e. The van der Waals surface area contributed by atoms with Gasteiger partial charge in [-0.15, -0.1) is 11.3 Å². The van der Waals surface area contributed by atoms with Crippen LogP contribution in [0.3, 0.4) is 0 Å². The average Bonchev–Trinajstić information content (AvgIpc) is 3.11. The fraction of sp³-hybridized carbons (Fsp3) is 0.455. The maximum atomic E-state index is 12.8. The summed E-state index contributed by atoms with van der Waals surface area (Å²) in [4.78, 5) is 44.2. The smallest absolute Gasteiger partial charge is 0.243 e. The molecule has 30 heavy (non-hydrogen) atoms. The summed E-state index contributed by atoms with van der Waals surface area (Å²) in [6.45, 7) is 8.29. The van der Waals surface area contributed by atoms with Crippen molar-refractivity contribution in [3.8, 4) is 10.4 Å². The molecule has 2 heterocycles. The quantitative estimate of drug-likeness (QED) is 0.766. The van der Waals surface area contributed by atoms with Gasteiger partial charge in [0.2, 0.25) is 17.7 Å². The molecule has 2 aromatic rings. The number of nitrogens with zero attached hydrogens (tertiary/aromatic N) is 2. The van der Waals surface area contributed by atoms with E-state index >= 15 is 0 Å². The Hall–Kier alpha value is -2.74. The first-order chi connectivity index (χ1) is 14.1. The Labute approximate surface area is 180 Å². The SMILES string of the molecule is Cc1ncsc1-c1ccc(CNC(=O)C2CC(=O)NCN2C(=O)CC(C)(C)C)cc1. The van der Waals surface area contributed by atoms with E-state index in [9.17, 15) is 14.4 Å². The number of rotatable bonds is 5. The van der Waals surface area contributed by atoms with Crippen LogP contribution in [0.4, 0.5) is 0 Å². The second-order valence-electron chi connectivity index (χ2n) is 8.76. The highest BCUT2D eigenvalue weighted by Crippen LogP contribution is 2.27. The Kier molecular flexibility index (Phi) is 6.55. The highest BCUT2D eigenvalue weighted by molar-refractivity contribution is 7.13. The number of nitrogens with one attached hydrogen (secondary N) is 2. The van der Waals surface area contributed by atoms with E-state index in [0.29, 0.717) is 13.0 Å². The number of aromatic nitrogens is 1. The van der Waals surface area contributed by atoms with Gasteiger partial charge in [-0.05, 0) is 23.5 Å². The number of hydrogen-bond acceptors (Lipinski definition) is 5. The Balaban J connectivity index is 1.63. The van der Waals surface area contributed by atoms with E-state index in [1.165, 1.54) is 4.90 Å². The van der Waals surface area contributed by atoms with Gasteiger partial charge in [-0.3, -0.25) is 14.4 Å². The fourth-order valence-corrected chi connectivity index (χ4v) is 4.16. The van der Waals surface area contributed by atoms with Gasteiger partial charge in [-0.2, -0.15) is 0 Å². The van der Waals surface area contributed by atoms with E-state index in [1.807, 2.05) is 57.5 Å². The van der Waals surface area contributed by atoms with Crippen LogP contribution in [0.5, 0.6) is 0 Å². The van der Waals surface area contributed by atoms with E-state index in [0.717, 1.165) is 21.7 Å². The molecular weight excluding hydrogens is 400 g/mol. The molecule has 3 amide bonds. The number of aryl methyl sites for hydroxylation is 1. The van der Waals surface area contributed by atoms with Crippen LogP contribution in [0.1, 0.15) is 44.9 Å². The zero-order chi connectivity index (χ0) is 21.9. The predicted molar refractivity (Wildman–Crippen MR) is 116 cm³/mol. The Bertz CT molecular complexity index is 931. The van der Waals surface area contributed by atoms with Crippen molar-refractivity contribution in [1.29, 1.82) is 0 Å². The van der Waals surface area contributed by atoms with Gasteiger partial charge in [0.25, 0.3) is 0 Å². The van der Waals surface area contributed by atoms with E-state index in [1.54, 1.807) is 11.3 Å². The van der Waals surface area contributed by atoms with Crippen molar-refractivity contribution in [3.05, 3.63) is 41.0 Å². The van der Waals surface area contributed by atoms with Crippen LogP contribution in [-0.4, -0.2) is 40.3 Å². The first kappa shape index (κ1) is 22.0. The third kappa shape index (κ3) is 5.44. The Morgan fingerprint density at radius 3 is 2.57 bits per heavy atom. The van der Waals surface area contributed by atoms with E-state index in [-0.39, 0.29) is 36.2 Å². The van der Waals surface area contributed by atoms with Crippen molar-refractivity contribution in [2.45, 2.75) is 53.1 Å². The van der Waals surface area contributed by atoms with Crippen molar-refractivity contribution in [2.24, 2.45) is 5.41 Å². The molecule has 0 saturated carbocycles. The van der Waals surface area contributed by atoms with Crippen molar-refractivity contribution in [3.63, 3.8) is 0 Å². The molecule has 0 bridgehead atoms. The maximum absolute atomic E-state index is 12.8. The van der Waals surface area contributed by atoms with Gasteiger partial charge in [0.05, 0.1) is 29.2 Å². The first-order valence-corrected chi connectivity index (χ1v) is 10.9. The standard InChI is InChI=1S/C22H28N4O3S/c1-14-20(30-13-25-14)16-7-5-15(6-8-16)11-23-21(29)17-9-18(27)24-12-26(17)19(28)10-22(2,3)4/h5-8,13,17H,9-12H2,1-4H3,(H,23,29)(H,24,27). The molecule has 0 spiro atoms. The minimum Gasteiger partial charge on any atom is -0.350 e. The van der Waals surface area contributed by atoms with Crippen LogP contribution in [0.2, 0.25) is 0 Å². The van der Waals surface area contributed by atoms with Crippen LogP contribution in [0.25, 0.3) is 10.4 Å². The summed E-state index contributed by atoms with van der Waals surface area (Å²) < 4.78 is 0. The molecule has 0 aliphatic carbocycles. The summed E-state index contributed by atoms with van der Waals surface area (Å²) in [5.41, 5.74) is 4.66. The van der Waals surface area contributed by atoms with Gasteiger partial charge < -0.3 is 15.5 Å². The topological polar surface area (TPSA) is 91.4 Å². The summed E-state index contributed by atoms with van der Waals surface area (Å²) >= 11 is 1.60. The molecule has 160 valence electrons. The molecule has 3 rings (SSSR count). The predicted octanol–water partition coefficient (Wildman–Crippen LogP) is 2.85. The lowest BCUT2D eigenvalue weighted by Gasteiger charge is -2.36. The van der Waals surface area contributed by atoms with E-state index in [4.69, 9.17) is 0 Å². The largest absolute Gasteiger partial charge is 0.350 e. The zero-order valence-corrected chi connectivity index (χ0v) is 18.6. The molecule has 7 nitrogen and oxygen atoms in total. The minimum atomic E-state index is -0.785. The van der Waals surface area contributed by atoms with Gasteiger partial charge in [-0.1, -0.05) is 45.0 Å². The highest BCUT2D eigenvalue weighted by Gasteiger charge is 2.36. The molecule has 2 N–H and O–H groups in total. The van der Waals surface area contributed by atoms with Gasteiger partial charge in [-0.25, -0.2) is 4.98 Å². The second kappa shape index (κ2) is 8.95. The van der Waals surface area contributed by atoms with Crippen LogP contribution in [0, 0.1) is 12.3 Å². The van der Waals surface area contributed by atoms with Crippen molar-refractivity contribution < 1.29 is 14.4 Å². The summed E-state index contributed by atoms with van der Waals surface area (Å²) in [6, 6.07) is 7.16. The number of benzene rings is 1. The van der Waals surface area contributed by atoms with Crippen LogP contribution >= 0.6 is 11.3 Å². The zero-order valence-electron chi connectivity index (χ0n) is 17.8. The monoisotopic (exact) mass is 428 g/mol. The lowest BCUT2D eigenvalue weighted by molar-refractivity contribution is -0.148.